The molecule has 1 radical (unpaired) electrons. The first-order valence-corrected chi connectivity index (χ1v) is 5.20. The molecule has 0 bridgehead atoms. The molecule has 0 heterocycles. The van der Waals surface area contributed by atoms with E-state index < -0.39 is 23.7 Å². The Morgan fingerprint density at radius 3 is 2.56 bits per heavy atom. The van der Waals surface area contributed by atoms with Gasteiger partial charge in [0.15, 0.2) is 0 Å². The van der Waals surface area contributed by atoms with Crippen molar-refractivity contribution in [1.82, 2.24) is 0 Å². The summed E-state index contributed by atoms with van der Waals surface area (Å²) < 4.78 is 0. The van der Waals surface area contributed by atoms with Crippen molar-refractivity contribution in [3.8, 4) is 0 Å². The Morgan fingerprint density at radius 1 is 1.44 bits per heavy atom. The highest BCUT2D eigenvalue weighted by molar-refractivity contribution is 5.26. The largest absolute Gasteiger partial charge is 0.389 e. The van der Waals surface area contributed by atoms with Crippen molar-refractivity contribution in [2.24, 2.45) is 0 Å². The van der Waals surface area contributed by atoms with Gasteiger partial charge >= 0.3 is 0 Å². The van der Waals surface area contributed by atoms with Gasteiger partial charge in [0.1, 0.15) is 13.2 Å². The van der Waals surface area contributed by atoms with Crippen molar-refractivity contribution in [1.29, 1.82) is 0 Å². The smallest absolute Gasteiger partial charge is 0.267 e. The molecule has 0 spiro atoms. The zero-order valence-corrected chi connectivity index (χ0v) is 9.00. The molecule has 0 aromatic rings. The van der Waals surface area contributed by atoms with Crippen LogP contribution < -0.4 is 0 Å². The molecule has 1 rings (SSSR count). The topological polar surface area (TPSA) is 83.6 Å². The van der Waals surface area contributed by atoms with E-state index in [9.17, 15) is 10.1 Å². The Bertz CT molecular complexity index is 305. The molecule has 2 N–H and O–H groups in total. The van der Waals surface area contributed by atoms with E-state index in [-0.39, 0.29) is 6.42 Å². The second-order valence-electron chi connectivity index (χ2n) is 3.91. The summed E-state index contributed by atoms with van der Waals surface area (Å²) in [6, 6.07) is 0. The fourth-order valence-electron chi connectivity index (χ4n) is 1.53. The van der Waals surface area contributed by atoms with Gasteiger partial charge in [0.25, 0.3) is 5.54 Å². The fraction of sp³-hybridized carbons (Fsp3) is 0.545. The van der Waals surface area contributed by atoms with Gasteiger partial charge in [0.2, 0.25) is 0 Å². The van der Waals surface area contributed by atoms with Gasteiger partial charge in [-0.15, -0.1) is 0 Å². The van der Waals surface area contributed by atoms with Crippen molar-refractivity contribution in [3.05, 3.63) is 40.3 Å². The van der Waals surface area contributed by atoms with E-state index in [1.54, 1.807) is 0 Å². The maximum atomic E-state index is 10.8. The summed E-state index contributed by atoms with van der Waals surface area (Å²) in [7, 11) is 0. The van der Waals surface area contributed by atoms with Crippen LogP contribution in [0.15, 0.2) is 23.8 Å². The van der Waals surface area contributed by atoms with Crippen molar-refractivity contribution >= 4 is 0 Å². The molecule has 0 amide bonds. The molecular formula is C11H16NO4. The predicted octanol–water partition coefficient (Wildman–Crippen LogP) is 0.857. The Balaban J connectivity index is 2.59. The van der Waals surface area contributed by atoms with E-state index in [4.69, 9.17) is 10.2 Å². The van der Waals surface area contributed by atoms with E-state index >= 15 is 0 Å². The van der Waals surface area contributed by atoms with Crippen LogP contribution in [0, 0.1) is 16.5 Å². The number of hydrogen-bond donors (Lipinski definition) is 2. The van der Waals surface area contributed by atoms with Crippen LogP contribution in [-0.2, 0) is 0 Å². The summed E-state index contributed by atoms with van der Waals surface area (Å²) in [6.07, 6.45) is 9.23. The Hall–Kier alpha value is -1.20. The van der Waals surface area contributed by atoms with E-state index in [2.05, 4.69) is 0 Å². The number of aliphatic hydroxyl groups is 2. The first kappa shape index (κ1) is 12.9. The van der Waals surface area contributed by atoms with Crippen LogP contribution in [0.3, 0.4) is 0 Å². The van der Waals surface area contributed by atoms with Crippen molar-refractivity contribution in [2.75, 3.05) is 13.2 Å². The minimum atomic E-state index is -1.62. The molecule has 1 aliphatic carbocycles. The van der Waals surface area contributed by atoms with Gasteiger partial charge in [-0.1, -0.05) is 23.8 Å². The van der Waals surface area contributed by atoms with Gasteiger partial charge in [0.05, 0.1) is 0 Å². The van der Waals surface area contributed by atoms with Gasteiger partial charge in [0, 0.05) is 11.3 Å². The molecular weight excluding hydrogens is 210 g/mol. The van der Waals surface area contributed by atoms with Crippen molar-refractivity contribution in [2.45, 2.75) is 24.8 Å². The SMILES string of the molecule is O=[N+]([O-])C(CO)(CO)CCC1=CC[CH]C=C1. The molecule has 1 aliphatic rings. The highest BCUT2D eigenvalue weighted by Gasteiger charge is 2.41. The molecule has 16 heavy (non-hydrogen) atoms. The molecule has 0 fully saturated rings. The molecule has 89 valence electrons. The number of nitro groups is 1. The molecule has 0 aromatic carbocycles. The number of nitrogens with zero attached hydrogens (tertiary/aromatic N) is 1. The fourth-order valence-corrected chi connectivity index (χ4v) is 1.53. The molecule has 0 saturated heterocycles. The third-order valence-corrected chi connectivity index (χ3v) is 2.82. The van der Waals surface area contributed by atoms with Gasteiger partial charge < -0.3 is 10.2 Å². The lowest BCUT2D eigenvalue weighted by atomic mass is 9.92. The second kappa shape index (κ2) is 5.77. The highest BCUT2D eigenvalue weighted by Crippen LogP contribution is 2.22. The van der Waals surface area contributed by atoms with Crippen LogP contribution in [0.1, 0.15) is 19.3 Å². The van der Waals surface area contributed by atoms with Crippen molar-refractivity contribution < 1.29 is 15.1 Å². The minimum Gasteiger partial charge on any atom is -0.389 e. The van der Waals surface area contributed by atoms with Crippen LogP contribution in [0.2, 0.25) is 0 Å². The number of rotatable bonds is 6. The van der Waals surface area contributed by atoms with E-state index in [0.717, 1.165) is 12.0 Å². The van der Waals surface area contributed by atoms with E-state index in [1.807, 2.05) is 24.6 Å². The van der Waals surface area contributed by atoms with E-state index in [0.29, 0.717) is 6.42 Å². The monoisotopic (exact) mass is 226 g/mol. The average molecular weight is 226 g/mol. The first-order valence-electron chi connectivity index (χ1n) is 5.20. The predicted molar refractivity (Wildman–Crippen MR) is 59.3 cm³/mol. The van der Waals surface area contributed by atoms with Crippen LogP contribution >= 0.6 is 0 Å². The highest BCUT2D eigenvalue weighted by atomic mass is 16.6. The molecule has 0 saturated carbocycles. The maximum absolute atomic E-state index is 10.8. The Kier molecular flexibility index (Phi) is 4.64. The quantitative estimate of drug-likeness (QED) is 0.519. The standard InChI is InChI=1S/C11H16NO4/c13-8-11(9-14,12(15)16)7-6-10-4-2-1-3-5-10/h1-2,4-5,13-14H,3,6-9H2. The van der Waals surface area contributed by atoms with Crippen LogP contribution in [0.5, 0.6) is 0 Å². The lowest BCUT2D eigenvalue weighted by molar-refractivity contribution is -0.578. The van der Waals surface area contributed by atoms with Crippen LogP contribution in [0.4, 0.5) is 0 Å². The summed E-state index contributed by atoms with van der Waals surface area (Å²) in [5.74, 6) is 0. The number of hydrogen-bond acceptors (Lipinski definition) is 4. The van der Waals surface area contributed by atoms with E-state index in [1.165, 1.54) is 0 Å². The van der Waals surface area contributed by atoms with Gasteiger partial charge in [-0.25, -0.2) is 0 Å². The van der Waals surface area contributed by atoms with Gasteiger partial charge in [-0.3, -0.25) is 10.1 Å². The number of aliphatic hydroxyl groups excluding tert-OH is 2. The zero-order valence-electron chi connectivity index (χ0n) is 9.00. The summed E-state index contributed by atoms with van der Waals surface area (Å²) >= 11 is 0. The zero-order chi connectivity index (χ0) is 12.0. The molecule has 0 aliphatic heterocycles. The summed E-state index contributed by atoms with van der Waals surface area (Å²) in [4.78, 5) is 10.2. The van der Waals surface area contributed by atoms with Gasteiger partial charge in [-0.2, -0.15) is 0 Å². The minimum absolute atomic E-state index is 0.142. The normalized spacial score (nSPS) is 16.0. The first-order chi connectivity index (χ1) is 7.64. The average Bonchev–Trinajstić information content (AvgIpc) is 2.32. The van der Waals surface area contributed by atoms with Crippen LogP contribution in [0.25, 0.3) is 0 Å². The molecule has 5 heteroatoms. The Labute approximate surface area is 94.2 Å². The number of allylic oxidation sites excluding steroid dienone is 4. The lowest BCUT2D eigenvalue weighted by Gasteiger charge is -2.21. The summed E-state index contributed by atoms with van der Waals surface area (Å²) in [5, 5.41) is 28.9. The summed E-state index contributed by atoms with van der Waals surface area (Å²) in [6.45, 7) is -1.28. The second-order valence-corrected chi connectivity index (χ2v) is 3.91. The third-order valence-electron chi connectivity index (χ3n) is 2.82. The third kappa shape index (κ3) is 2.90. The van der Waals surface area contributed by atoms with Crippen molar-refractivity contribution in [3.63, 3.8) is 0 Å². The van der Waals surface area contributed by atoms with Crippen LogP contribution in [-0.4, -0.2) is 33.9 Å². The maximum Gasteiger partial charge on any atom is 0.267 e. The van der Waals surface area contributed by atoms with Gasteiger partial charge in [-0.05, 0) is 19.3 Å². The Morgan fingerprint density at radius 2 is 2.12 bits per heavy atom. The molecule has 0 atom stereocenters. The molecule has 5 nitrogen and oxygen atoms in total. The molecule has 0 unspecified atom stereocenters. The lowest BCUT2D eigenvalue weighted by Crippen LogP contribution is -2.45. The molecule has 0 aromatic heterocycles. The summed E-state index contributed by atoms with van der Waals surface area (Å²) in [5.41, 5.74) is -0.605.